The Morgan fingerprint density at radius 3 is 2.38 bits per heavy atom. The van der Waals surface area contributed by atoms with E-state index < -0.39 is 6.04 Å². The first kappa shape index (κ1) is 19.6. The van der Waals surface area contributed by atoms with Gasteiger partial charge in [0.25, 0.3) is 5.91 Å². The van der Waals surface area contributed by atoms with Crippen LogP contribution in [0.2, 0.25) is 0 Å². The number of hydrogen-bond donors (Lipinski definition) is 1. The lowest BCUT2D eigenvalue weighted by Gasteiger charge is -2.29. The summed E-state index contributed by atoms with van der Waals surface area (Å²) < 4.78 is 10.3. The second-order valence-corrected chi connectivity index (χ2v) is 6.37. The first-order chi connectivity index (χ1) is 12.5. The molecule has 0 fully saturated rings. The molecule has 0 bridgehead atoms. The van der Waals surface area contributed by atoms with Crippen LogP contribution in [0.25, 0.3) is 0 Å². The molecule has 0 saturated heterocycles. The Hall–Kier alpha value is -2.76. The normalized spacial score (nSPS) is 11.9. The molecule has 2 aromatic rings. The summed E-state index contributed by atoms with van der Waals surface area (Å²) in [6.45, 7) is 6.76. The van der Waals surface area contributed by atoms with Crippen LogP contribution in [0.5, 0.6) is 5.75 Å². The van der Waals surface area contributed by atoms with E-state index in [1.807, 2.05) is 45.0 Å². The Bertz CT molecular complexity index is 708. The lowest BCUT2D eigenvalue weighted by Crippen LogP contribution is -2.51. The molecule has 2 rings (SSSR count). The summed E-state index contributed by atoms with van der Waals surface area (Å²) in [7, 11) is 1.62. The van der Waals surface area contributed by atoms with E-state index in [-0.39, 0.29) is 23.5 Å². The minimum Gasteiger partial charge on any atom is -0.497 e. The fourth-order valence-corrected chi connectivity index (χ4v) is 2.63. The number of methoxy groups -OCH3 is 1. The molecule has 1 atom stereocenters. The van der Waals surface area contributed by atoms with Crippen molar-refractivity contribution in [1.82, 2.24) is 10.2 Å². The highest BCUT2D eigenvalue weighted by Gasteiger charge is 2.29. The van der Waals surface area contributed by atoms with Crippen molar-refractivity contribution in [3.8, 4) is 5.75 Å². The van der Waals surface area contributed by atoms with Crippen LogP contribution in [0, 0.1) is 5.92 Å². The molecule has 1 aromatic carbocycles. The lowest BCUT2D eigenvalue weighted by molar-refractivity contribution is -0.134. The molecule has 0 aliphatic rings. The molecule has 6 heteroatoms. The minimum atomic E-state index is -0.620. The van der Waals surface area contributed by atoms with E-state index in [1.54, 1.807) is 24.1 Å². The van der Waals surface area contributed by atoms with Crippen LogP contribution in [0.4, 0.5) is 0 Å². The van der Waals surface area contributed by atoms with Gasteiger partial charge in [0.15, 0.2) is 5.76 Å². The summed E-state index contributed by atoms with van der Waals surface area (Å²) in [5.41, 5.74) is 1.00. The molecule has 1 unspecified atom stereocenters. The molecule has 2 amide bonds. The topological polar surface area (TPSA) is 71.8 Å². The molecule has 0 aliphatic heterocycles. The molecular weight excluding hydrogens is 332 g/mol. The van der Waals surface area contributed by atoms with Gasteiger partial charge < -0.3 is 19.4 Å². The van der Waals surface area contributed by atoms with Crippen LogP contribution in [0.3, 0.4) is 0 Å². The molecule has 6 nitrogen and oxygen atoms in total. The Morgan fingerprint density at radius 1 is 1.19 bits per heavy atom. The monoisotopic (exact) mass is 358 g/mol. The van der Waals surface area contributed by atoms with E-state index >= 15 is 0 Å². The van der Waals surface area contributed by atoms with Crippen LogP contribution in [0.15, 0.2) is 47.1 Å². The fraction of sp³-hybridized carbons (Fsp3) is 0.400. The number of rotatable bonds is 8. The summed E-state index contributed by atoms with van der Waals surface area (Å²) in [5, 5.41) is 2.79. The van der Waals surface area contributed by atoms with E-state index in [1.165, 1.54) is 6.26 Å². The summed E-state index contributed by atoms with van der Waals surface area (Å²) in [6.07, 6.45) is 1.43. The molecule has 26 heavy (non-hydrogen) atoms. The summed E-state index contributed by atoms with van der Waals surface area (Å²) >= 11 is 0. The zero-order valence-electron chi connectivity index (χ0n) is 15.7. The molecule has 1 aromatic heterocycles. The number of ether oxygens (including phenoxy) is 1. The lowest BCUT2D eigenvalue weighted by atomic mass is 10.0. The van der Waals surface area contributed by atoms with Crippen molar-refractivity contribution in [3.63, 3.8) is 0 Å². The van der Waals surface area contributed by atoms with Gasteiger partial charge in [-0.1, -0.05) is 26.0 Å². The number of furan rings is 1. The second-order valence-electron chi connectivity index (χ2n) is 6.37. The van der Waals surface area contributed by atoms with Gasteiger partial charge in [-0.2, -0.15) is 0 Å². The minimum absolute atomic E-state index is 0.0497. The Labute approximate surface area is 154 Å². The average molecular weight is 358 g/mol. The maximum absolute atomic E-state index is 13.0. The molecule has 0 spiro atoms. The van der Waals surface area contributed by atoms with Crippen molar-refractivity contribution in [3.05, 3.63) is 54.0 Å². The van der Waals surface area contributed by atoms with Gasteiger partial charge in [0.05, 0.1) is 13.4 Å². The molecule has 140 valence electrons. The van der Waals surface area contributed by atoms with E-state index in [4.69, 9.17) is 9.15 Å². The third-order valence-corrected chi connectivity index (χ3v) is 4.19. The number of carbonyl (C=O) groups is 2. The number of carbonyl (C=O) groups excluding carboxylic acids is 2. The van der Waals surface area contributed by atoms with Crippen LogP contribution < -0.4 is 10.1 Å². The second kappa shape index (κ2) is 9.08. The Morgan fingerprint density at radius 2 is 1.88 bits per heavy atom. The SMILES string of the molecule is CCN(Cc1ccc(OC)cc1)C(=O)C(NC(=O)c1ccco1)C(C)C. The quantitative estimate of drug-likeness (QED) is 0.787. The third-order valence-electron chi connectivity index (χ3n) is 4.19. The van der Waals surface area contributed by atoms with Gasteiger partial charge in [0, 0.05) is 13.1 Å². The number of nitrogens with zero attached hydrogens (tertiary/aromatic N) is 1. The molecule has 0 radical (unpaired) electrons. The third kappa shape index (κ3) is 4.88. The van der Waals surface area contributed by atoms with E-state index in [0.717, 1.165) is 11.3 Å². The predicted octanol–water partition coefficient (Wildman–Crippen LogP) is 3.09. The van der Waals surface area contributed by atoms with Crippen molar-refractivity contribution in [2.75, 3.05) is 13.7 Å². The molecule has 0 saturated carbocycles. The summed E-state index contributed by atoms with van der Waals surface area (Å²) in [5.74, 6) is 0.419. The van der Waals surface area contributed by atoms with Gasteiger partial charge in [-0.3, -0.25) is 9.59 Å². The van der Waals surface area contributed by atoms with Gasteiger partial charge in [0.1, 0.15) is 11.8 Å². The highest BCUT2D eigenvalue weighted by molar-refractivity contribution is 5.95. The van der Waals surface area contributed by atoms with E-state index in [9.17, 15) is 9.59 Å². The van der Waals surface area contributed by atoms with Crippen LogP contribution in [-0.2, 0) is 11.3 Å². The predicted molar refractivity (Wildman–Crippen MR) is 98.9 cm³/mol. The van der Waals surface area contributed by atoms with E-state index in [2.05, 4.69) is 5.32 Å². The number of amides is 2. The van der Waals surface area contributed by atoms with Gasteiger partial charge in [-0.05, 0) is 42.7 Å². The molecule has 1 N–H and O–H groups in total. The fourth-order valence-electron chi connectivity index (χ4n) is 2.63. The van der Waals surface area contributed by atoms with Crippen molar-refractivity contribution in [2.45, 2.75) is 33.4 Å². The standard InChI is InChI=1S/C20H26N2O4/c1-5-22(13-15-8-10-16(25-4)11-9-15)20(24)18(14(2)3)21-19(23)17-7-6-12-26-17/h6-12,14,18H,5,13H2,1-4H3,(H,21,23). The average Bonchev–Trinajstić information content (AvgIpc) is 3.18. The summed E-state index contributed by atoms with van der Waals surface area (Å²) in [6, 6.07) is 10.2. The van der Waals surface area contributed by atoms with Crippen LogP contribution in [0.1, 0.15) is 36.9 Å². The Balaban J connectivity index is 2.09. The summed E-state index contributed by atoms with van der Waals surface area (Å²) in [4.78, 5) is 27.0. The largest absolute Gasteiger partial charge is 0.497 e. The number of hydrogen-bond acceptors (Lipinski definition) is 4. The van der Waals surface area contributed by atoms with Crippen LogP contribution >= 0.6 is 0 Å². The molecular formula is C20H26N2O4. The van der Waals surface area contributed by atoms with Crippen molar-refractivity contribution in [2.24, 2.45) is 5.92 Å². The number of nitrogens with one attached hydrogen (secondary N) is 1. The zero-order valence-corrected chi connectivity index (χ0v) is 15.7. The van der Waals surface area contributed by atoms with Gasteiger partial charge in [0.2, 0.25) is 5.91 Å². The number of benzene rings is 1. The molecule has 0 aliphatic carbocycles. The van der Waals surface area contributed by atoms with Crippen LogP contribution in [-0.4, -0.2) is 36.4 Å². The van der Waals surface area contributed by atoms with Gasteiger partial charge >= 0.3 is 0 Å². The maximum atomic E-state index is 13.0. The van der Waals surface area contributed by atoms with E-state index in [0.29, 0.717) is 13.1 Å². The first-order valence-corrected chi connectivity index (χ1v) is 8.72. The Kier molecular flexibility index (Phi) is 6.83. The first-order valence-electron chi connectivity index (χ1n) is 8.72. The maximum Gasteiger partial charge on any atom is 0.287 e. The highest BCUT2D eigenvalue weighted by atomic mass is 16.5. The highest BCUT2D eigenvalue weighted by Crippen LogP contribution is 2.15. The molecule has 1 heterocycles. The van der Waals surface area contributed by atoms with Crippen molar-refractivity contribution >= 4 is 11.8 Å². The van der Waals surface area contributed by atoms with Gasteiger partial charge in [-0.15, -0.1) is 0 Å². The number of likely N-dealkylation sites (N-methyl/N-ethyl adjacent to an activating group) is 1. The van der Waals surface area contributed by atoms with Crippen molar-refractivity contribution < 1.29 is 18.7 Å². The van der Waals surface area contributed by atoms with Crippen molar-refractivity contribution in [1.29, 1.82) is 0 Å². The zero-order chi connectivity index (χ0) is 19.1. The van der Waals surface area contributed by atoms with Gasteiger partial charge in [-0.25, -0.2) is 0 Å². The smallest absolute Gasteiger partial charge is 0.287 e.